The maximum absolute atomic E-state index is 3.79. The predicted octanol–water partition coefficient (Wildman–Crippen LogP) is 3.29. The average molecular weight is 278 g/mol. The SMILES string of the molecule is CCC1CN(CCc2ccsc2)C2(CCCC2)CN1. The number of thiophene rings is 1. The van der Waals surface area contributed by atoms with Gasteiger partial charge in [0.15, 0.2) is 0 Å². The first kappa shape index (κ1) is 13.6. The second-order valence-corrected chi connectivity index (χ2v) is 7.03. The second kappa shape index (κ2) is 5.94. The third-order valence-electron chi connectivity index (χ3n) is 5.11. The average Bonchev–Trinajstić information content (AvgIpc) is 3.10. The molecule has 1 aliphatic carbocycles. The molecule has 0 bridgehead atoms. The zero-order chi connectivity index (χ0) is 13.1. The van der Waals surface area contributed by atoms with E-state index in [2.05, 4.69) is 34.0 Å². The first-order valence-electron chi connectivity index (χ1n) is 7.82. The minimum Gasteiger partial charge on any atom is -0.311 e. The normalized spacial score (nSPS) is 27.1. The molecular formula is C16H26N2S. The van der Waals surface area contributed by atoms with Crippen LogP contribution in [-0.4, -0.2) is 36.1 Å². The number of nitrogens with one attached hydrogen (secondary N) is 1. The van der Waals surface area contributed by atoms with Crippen molar-refractivity contribution in [1.29, 1.82) is 0 Å². The number of nitrogens with zero attached hydrogens (tertiary/aromatic N) is 1. The fraction of sp³-hybridized carbons (Fsp3) is 0.750. The molecule has 2 aliphatic rings. The molecule has 0 aromatic carbocycles. The number of hydrogen-bond donors (Lipinski definition) is 1. The molecular weight excluding hydrogens is 252 g/mol. The highest BCUT2D eigenvalue weighted by molar-refractivity contribution is 7.07. The highest BCUT2D eigenvalue weighted by Crippen LogP contribution is 2.37. The van der Waals surface area contributed by atoms with E-state index in [0.717, 1.165) is 0 Å². The minimum absolute atomic E-state index is 0.488. The molecule has 1 aromatic heterocycles. The van der Waals surface area contributed by atoms with Gasteiger partial charge in [0.2, 0.25) is 0 Å². The van der Waals surface area contributed by atoms with Crippen LogP contribution in [0.15, 0.2) is 16.8 Å². The lowest BCUT2D eigenvalue weighted by molar-refractivity contribution is 0.0433. The van der Waals surface area contributed by atoms with E-state index >= 15 is 0 Å². The Hall–Kier alpha value is -0.380. The lowest BCUT2D eigenvalue weighted by Crippen LogP contribution is -2.63. The molecule has 106 valence electrons. The van der Waals surface area contributed by atoms with Gasteiger partial charge in [-0.1, -0.05) is 19.8 Å². The van der Waals surface area contributed by atoms with Crippen molar-refractivity contribution in [2.75, 3.05) is 19.6 Å². The van der Waals surface area contributed by atoms with E-state index in [1.807, 2.05) is 11.3 Å². The van der Waals surface area contributed by atoms with E-state index in [9.17, 15) is 0 Å². The molecule has 2 heterocycles. The van der Waals surface area contributed by atoms with Gasteiger partial charge in [0.1, 0.15) is 0 Å². The highest BCUT2D eigenvalue weighted by atomic mass is 32.1. The molecule has 0 radical (unpaired) electrons. The fourth-order valence-electron chi connectivity index (χ4n) is 3.80. The van der Waals surface area contributed by atoms with Gasteiger partial charge in [0.05, 0.1) is 0 Å². The lowest BCUT2D eigenvalue weighted by Gasteiger charge is -2.48. The van der Waals surface area contributed by atoms with Gasteiger partial charge in [-0.3, -0.25) is 4.90 Å². The first-order valence-corrected chi connectivity index (χ1v) is 8.76. The molecule has 1 N–H and O–H groups in total. The van der Waals surface area contributed by atoms with E-state index < -0.39 is 0 Å². The third kappa shape index (κ3) is 2.88. The van der Waals surface area contributed by atoms with Gasteiger partial charge in [-0.25, -0.2) is 0 Å². The monoisotopic (exact) mass is 278 g/mol. The van der Waals surface area contributed by atoms with Crippen molar-refractivity contribution in [3.63, 3.8) is 0 Å². The summed E-state index contributed by atoms with van der Waals surface area (Å²) < 4.78 is 0. The molecule has 2 fully saturated rings. The molecule has 1 spiro atoms. The Kier molecular flexibility index (Phi) is 4.25. The first-order chi connectivity index (χ1) is 9.32. The molecule has 1 aliphatic heterocycles. The molecule has 1 aromatic rings. The summed E-state index contributed by atoms with van der Waals surface area (Å²) in [7, 11) is 0. The summed E-state index contributed by atoms with van der Waals surface area (Å²) >= 11 is 1.82. The van der Waals surface area contributed by atoms with Crippen LogP contribution in [0.2, 0.25) is 0 Å². The fourth-order valence-corrected chi connectivity index (χ4v) is 4.50. The number of hydrogen-bond acceptors (Lipinski definition) is 3. The maximum Gasteiger partial charge on any atom is 0.0334 e. The zero-order valence-corrected chi connectivity index (χ0v) is 12.8. The molecule has 1 saturated carbocycles. The smallest absolute Gasteiger partial charge is 0.0334 e. The van der Waals surface area contributed by atoms with E-state index in [1.54, 1.807) is 0 Å². The van der Waals surface area contributed by atoms with Crippen LogP contribution in [0.1, 0.15) is 44.6 Å². The van der Waals surface area contributed by atoms with Gasteiger partial charge in [-0.15, -0.1) is 0 Å². The standard InChI is InChI=1S/C16H26N2S/c1-2-15-11-18(9-5-14-6-10-19-12-14)16(13-17-15)7-3-4-8-16/h6,10,12,15,17H,2-5,7-9,11,13H2,1H3. The molecule has 19 heavy (non-hydrogen) atoms. The Labute approximate surface area is 121 Å². The summed E-state index contributed by atoms with van der Waals surface area (Å²) in [6.07, 6.45) is 8.13. The van der Waals surface area contributed by atoms with Gasteiger partial charge in [-0.2, -0.15) is 11.3 Å². The second-order valence-electron chi connectivity index (χ2n) is 6.25. The summed E-state index contributed by atoms with van der Waals surface area (Å²) in [5.74, 6) is 0. The minimum atomic E-state index is 0.488. The van der Waals surface area contributed by atoms with E-state index in [-0.39, 0.29) is 0 Å². The number of rotatable bonds is 4. The summed E-state index contributed by atoms with van der Waals surface area (Å²) in [6, 6.07) is 2.99. The zero-order valence-electron chi connectivity index (χ0n) is 12.0. The molecule has 0 amide bonds. The number of piperazine rings is 1. The van der Waals surface area contributed by atoms with Gasteiger partial charge >= 0.3 is 0 Å². The predicted molar refractivity (Wildman–Crippen MR) is 82.9 cm³/mol. The summed E-state index contributed by atoms with van der Waals surface area (Å²) in [5.41, 5.74) is 2.01. The summed E-state index contributed by atoms with van der Waals surface area (Å²) in [6.45, 7) is 6.02. The lowest BCUT2D eigenvalue weighted by atomic mass is 9.90. The highest BCUT2D eigenvalue weighted by Gasteiger charge is 2.42. The molecule has 1 atom stereocenters. The van der Waals surface area contributed by atoms with Crippen molar-refractivity contribution in [3.05, 3.63) is 22.4 Å². The van der Waals surface area contributed by atoms with Crippen molar-refractivity contribution in [3.8, 4) is 0 Å². The molecule has 1 saturated heterocycles. The molecule has 2 nitrogen and oxygen atoms in total. The van der Waals surface area contributed by atoms with Crippen LogP contribution in [0, 0.1) is 0 Å². The third-order valence-corrected chi connectivity index (χ3v) is 5.84. The van der Waals surface area contributed by atoms with Crippen molar-refractivity contribution >= 4 is 11.3 Å². The Morgan fingerprint density at radius 2 is 2.26 bits per heavy atom. The van der Waals surface area contributed by atoms with Crippen molar-refractivity contribution in [2.45, 2.75) is 57.0 Å². The van der Waals surface area contributed by atoms with Gasteiger partial charge in [0.25, 0.3) is 0 Å². The van der Waals surface area contributed by atoms with E-state index in [4.69, 9.17) is 0 Å². The van der Waals surface area contributed by atoms with Crippen molar-refractivity contribution in [2.24, 2.45) is 0 Å². The Morgan fingerprint density at radius 3 is 2.95 bits per heavy atom. The van der Waals surface area contributed by atoms with E-state index in [0.29, 0.717) is 11.6 Å². The van der Waals surface area contributed by atoms with E-state index in [1.165, 1.54) is 63.7 Å². The Morgan fingerprint density at radius 1 is 1.42 bits per heavy atom. The summed E-state index contributed by atoms with van der Waals surface area (Å²) in [4.78, 5) is 2.82. The van der Waals surface area contributed by atoms with Crippen LogP contribution < -0.4 is 5.32 Å². The summed E-state index contributed by atoms with van der Waals surface area (Å²) in [5, 5.41) is 8.29. The van der Waals surface area contributed by atoms with Gasteiger partial charge in [-0.05, 0) is 48.1 Å². The van der Waals surface area contributed by atoms with Crippen LogP contribution in [0.3, 0.4) is 0 Å². The van der Waals surface area contributed by atoms with Crippen LogP contribution in [-0.2, 0) is 6.42 Å². The van der Waals surface area contributed by atoms with Crippen LogP contribution in [0.5, 0.6) is 0 Å². The Bertz CT molecular complexity index is 381. The molecule has 1 unspecified atom stereocenters. The van der Waals surface area contributed by atoms with Crippen LogP contribution >= 0.6 is 11.3 Å². The van der Waals surface area contributed by atoms with Crippen LogP contribution in [0.25, 0.3) is 0 Å². The van der Waals surface area contributed by atoms with Gasteiger partial charge < -0.3 is 5.32 Å². The largest absolute Gasteiger partial charge is 0.311 e. The maximum atomic E-state index is 3.79. The van der Waals surface area contributed by atoms with Crippen molar-refractivity contribution < 1.29 is 0 Å². The topological polar surface area (TPSA) is 15.3 Å². The van der Waals surface area contributed by atoms with Crippen LogP contribution in [0.4, 0.5) is 0 Å². The molecule has 3 rings (SSSR count). The van der Waals surface area contributed by atoms with Crippen molar-refractivity contribution in [1.82, 2.24) is 10.2 Å². The molecule has 3 heteroatoms. The Balaban J connectivity index is 1.66. The van der Waals surface area contributed by atoms with Gasteiger partial charge in [0, 0.05) is 31.2 Å². The quantitative estimate of drug-likeness (QED) is 0.909.